The third-order valence-electron chi connectivity index (χ3n) is 2.95. The molecule has 20 heavy (non-hydrogen) atoms. The van der Waals surface area contributed by atoms with Gasteiger partial charge in [-0.25, -0.2) is 9.97 Å². The molecule has 0 aliphatic carbocycles. The molecule has 0 saturated carbocycles. The van der Waals surface area contributed by atoms with Crippen molar-refractivity contribution in [2.75, 3.05) is 22.9 Å². The lowest BCUT2D eigenvalue weighted by Gasteiger charge is -2.17. The molecule has 5 heteroatoms. The standard InChI is InChI=1S/C15H19N5/c1-3-9-17-14-13(16)15(19-10-18-14)20-11(2)12-7-5-4-6-8-12/h3-8,10-11H,1,9,16H2,2H3,(H2,17,18,19,20). The predicted octanol–water partition coefficient (Wildman–Crippen LogP) is 2.83. The zero-order chi connectivity index (χ0) is 14.4. The van der Waals surface area contributed by atoms with Gasteiger partial charge in [-0.05, 0) is 12.5 Å². The fourth-order valence-electron chi connectivity index (χ4n) is 1.85. The fourth-order valence-corrected chi connectivity index (χ4v) is 1.85. The van der Waals surface area contributed by atoms with Crippen molar-refractivity contribution in [1.82, 2.24) is 9.97 Å². The molecule has 0 fully saturated rings. The van der Waals surface area contributed by atoms with Crippen LogP contribution in [0.1, 0.15) is 18.5 Å². The average molecular weight is 269 g/mol. The molecule has 1 atom stereocenters. The van der Waals surface area contributed by atoms with Crippen molar-refractivity contribution in [1.29, 1.82) is 0 Å². The molecular weight excluding hydrogens is 250 g/mol. The first kappa shape index (κ1) is 13.9. The molecular formula is C15H19N5. The van der Waals surface area contributed by atoms with Crippen LogP contribution < -0.4 is 16.4 Å². The summed E-state index contributed by atoms with van der Waals surface area (Å²) in [6.45, 7) is 6.32. The zero-order valence-electron chi connectivity index (χ0n) is 11.5. The highest BCUT2D eigenvalue weighted by Gasteiger charge is 2.11. The lowest BCUT2D eigenvalue weighted by molar-refractivity contribution is 0.873. The minimum absolute atomic E-state index is 0.112. The summed E-state index contributed by atoms with van der Waals surface area (Å²) in [6, 6.07) is 10.2. The summed E-state index contributed by atoms with van der Waals surface area (Å²) >= 11 is 0. The summed E-state index contributed by atoms with van der Waals surface area (Å²) in [4.78, 5) is 8.32. The lowest BCUT2D eigenvalue weighted by Crippen LogP contribution is -2.12. The second-order valence-electron chi connectivity index (χ2n) is 4.43. The van der Waals surface area contributed by atoms with Gasteiger partial charge in [-0.1, -0.05) is 36.4 Å². The van der Waals surface area contributed by atoms with Crippen LogP contribution >= 0.6 is 0 Å². The molecule has 5 nitrogen and oxygen atoms in total. The number of anilines is 3. The Morgan fingerprint density at radius 1 is 1.25 bits per heavy atom. The summed E-state index contributed by atoms with van der Waals surface area (Å²) in [5.41, 5.74) is 7.75. The molecule has 2 rings (SSSR count). The summed E-state index contributed by atoms with van der Waals surface area (Å²) in [7, 11) is 0. The first-order valence-corrected chi connectivity index (χ1v) is 6.49. The van der Waals surface area contributed by atoms with Crippen LogP contribution in [0.3, 0.4) is 0 Å². The number of benzene rings is 1. The molecule has 1 unspecified atom stereocenters. The van der Waals surface area contributed by atoms with E-state index >= 15 is 0 Å². The minimum Gasteiger partial charge on any atom is -0.393 e. The molecule has 0 aliphatic heterocycles. The molecule has 0 bridgehead atoms. The Kier molecular flexibility index (Phi) is 4.55. The van der Waals surface area contributed by atoms with E-state index in [-0.39, 0.29) is 6.04 Å². The van der Waals surface area contributed by atoms with Crippen molar-refractivity contribution in [2.24, 2.45) is 0 Å². The Morgan fingerprint density at radius 3 is 2.65 bits per heavy atom. The average Bonchev–Trinajstić information content (AvgIpc) is 2.49. The number of hydrogen-bond acceptors (Lipinski definition) is 5. The molecule has 1 aromatic carbocycles. The summed E-state index contributed by atoms with van der Waals surface area (Å²) in [5, 5.41) is 6.38. The van der Waals surface area contributed by atoms with Crippen LogP contribution in [0.25, 0.3) is 0 Å². The maximum Gasteiger partial charge on any atom is 0.155 e. The maximum atomic E-state index is 6.07. The largest absolute Gasteiger partial charge is 0.393 e. The second kappa shape index (κ2) is 6.56. The normalized spacial score (nSPS) is 11.7. The van der Waals surface area contributed by atoms with Crippen molar-refractivity contribution in [3.8, 4) is 0 Å². The molecule has 1 aromatic heterocycles. The van der Waals surface area contributed by atoms with Crippen LogP contribution in [0, 0.1) is 0 Å². The first-order chi connectivity index (χ1) is 9.72. The van der Waals surface area contributed by atoms with E-state index in [2.05, 4.69) is 46.2 Å². The van der Waals surface area contributed by atoms with Crippen molar-refractivity contribution in [3.63, 3.8) is 0 Å². The van der Waals surface area contributed by atoms with E-state index in [1.165, 1.54) is 11.9 Å². The van der Waals surface area contributed by atoms with Crippen molar-refractivity contribution in [3.05, 3.63) is 54.9 Å². The van der Waals surface area contributed by atoms with Gasteiger partial charge in [-0.15, -0.1) is 6.58 Å². The Bertz CT molecular complexity index is 568. The highest BCUT2D eigenvalue weighted by atomic mass is 15.1. The Labute approximate surface area is 119 Å². The maximum absolute atomic E-state index is 6.07. The number of nitrogen functional groups attached to an aromatic ring is 1. The van der Waals surface area contributed by atoms with Gasteiger partial charge in [0.2, 0.25) is 0 Å². The molecule has 0 spiro atoms. The lowest BCUT2D eigenvalue weighted by atomic mass is 10.1. The third-order valence-corrected chi connectivity index (χ3v) is 2.95. The highest BCUT2D eigenvalue weighted by Crippen LogP contribution is 2.26. The third kappa shape index (κ3) is 3.26. The van der Waals surface area contributed by atoms with Crippen molar-refractivity contribution < 1.29 is 0 Å². The van der Waals surface area contributed by atoms with Gasteiger partial charge in [0.25, 0.3) is 0 Å². The molecule has 0 radical (unpaired) electrons. The van der Waals surface area contributed by atoms with E-state index in [0.29, 0.717) is 23.9 Å². The van der Waals surface area contributed by atoms with E-state index in [1.807, 2.05) is 18.2 Å². The SMILES string of the molecule is C=CCNc1ncnc(NC(C)c2ccccc2)c1N. The van der Waals surface area contributed by atoms with E-state index in [1.54, 1.807) is 6.08 Å². The van der Waals surface area contributed by atoms with Gasteiger partial charge in [0, 0.05) is 6.54 Å². The molecule has 0 aliphatic rings. The molecule has 2 aromatic rings. The Hall–Kier alpha value is -2.56. The Balaban J connectivity index is 2.15. The number of hydrogen-bond donors (Lipinski definition) is 3. The number of nitrogens with zero attached hydrogens (tertiary/aromatic N) is 2. The number of rotatable bonds is 6. The topological polar surface area (TPSA) is 75.9 Å². The number of aromatic nitrogens is 2. The quantitative estimate of drug-likeness (QED) is 0.703. The van der Waals surface area contributed by atoms with Gasteiger partial charge in [0.15, 0.2) is 11.6 Å². The van der Waals surface area contributed by atoms with Gasteiger partial charge < -0.3 is 16.4 Å². The van der Waals surface area contributed by atoms with Crippen LogP contribution in [0.2, 0.25) is 0 Å². The van der Waals surface area contributed by atoms with Gasteiger partial charge >= 0.3 is 0 Å². The van der Waals surface area contributed by atoms with Crippen LogP contribution in [0.15, 0.2) is 49.3 Å². The van der Waals surface area contributed by atoms with Gasteiger partial charge in [0.1, 0.15) is 12.0 Å². The van der Waals surface area contributed by atoms with Crippen LogP contribution in [0.4, 0.5) is 17.3 Å². The highest BCUT2D eigenvalue weighted by molar-refractivity contribution is 5.74. The fraction of sp³-hybridized carbons (Fsp3) is 0.200. The molecule has 1 heterocycles. The van der Waals surface area contributed by atoms with E-state index in [9.17, 15) is 0 Å². The van der Waals surface area contributed by atoms with Crippen LogP contribution in [-0.2, 0) is 0 Å². The minimum atomic E-state index is 0.112. The van der Waals surface area contributed by atoms with E-state index in [4.69, 9.17) is 5.73 Å². The van der Waals surface area contributed by atoms with Gasteiger partial charge in [0.05, 0.1) is 6.04 Å². The summed E-state index contributed by atoms with van der Waals surface area (Å²) in [5.74, 6) is 1.24. The smallest absolute Gasteiger partial charge is 0.155 e. The zero-order valence-corrected chi connectivity index (χ0v) is 11.5. The van der Waals surface area contributed by atoms with Gasteiger partial charge in [-0.3, -0.25) is 0 Å². The van der Waals surface area contributed by atoms with Crippen molar-refractivity contribution >= 4 is 17.3 Å². The Morgan fingerprint density at radius 2 is 1.95 bits per heavy atom. The van der Waals surface area contributed by atoms with E-state index < -0.39 is 0 Å². The van der Waals surface area contributed by atoms with E-state index in [0.717, 1.165) is 0 Å². The number of nitrogens with one attached hydrogen (secondary N) is 2. The summed E-state index contributed by atoms with van der Waals surface area (Å²) < 4.78 is 0. The van der Waals surface area contributed by atoms with Crippen LogP contribution in [-0.4, -0.2) is 16.5 Å². The van der Waals surface area contributed by atoms with Crippen molar-refractivity contribution in [2.45, 2.75) is 13.0 Å². The molecule has 0 amide bonds. The molecule has 4 N–H and O–H groups in total. The molecule has 104 valence electrons. The predicted molar refractivity (Wildman–Crippen MR) is 83.6 cm³/mol. The second-order valence-corrected chi connectivity index (χ2v) is 4.43. The summed E-state index contributed by atoms with van der Waals surface area (Å²) in [6.07, 6.45) is 3.24. The van der Waals surface area contributed by atoms with Gasteiger partial charge in [-0.2, -0.15) is 0 Å². The number of nitrogens with two attached hydrogens (primary N) is 1. The monoisotopic (exact) mass is 269 g/mol. The van der Waals surface area contributed by atoms with Crippen LogP contribution in [0.5, 0.6) is 0 Å². The first-order valence-electron chi connectivity index (χ1n) is 6.49. The molecule has 0 saturated heterocycles.